The van der Waals surface area contributed by atoms with Gasteiger partial charge in [0, 0.05) is 43.3 Å². The number of fused-ring (bicyclic) bond motifs is 1. The van der Waals surface area contributed by atoms with Crippen molar-refractivity contribution in [2.24, 2.45) is 5.73 Å². The van der Waals surface area contributed by atoms with E-state index in [1.165, 1.54) is 0 Å². The van der Waals surface area contributed by atoms with Gasteiger partial charge in [0.15, 0.2) is 0 Å². The van der Waals surface area contributed by atoms with Gasteiger partial charge in [0.05, 0.1) is 0 Å². The van der Waals surface area contributed by atoms with E-state index < -0.39 is 12.0 Å². The molecule has 81 valence electrons. The fraction of sp³-hybridized carbons (Fsp3) is 0.182. The van der Waals surface area contributed by atoms with Gasteiger partial charge >= 0.3 is 5.97 Å². The fourth-order valence-corrected chi connectivity index (χ4v) is 1.62. The SMILES string of the molecule is N[C@@H](Cc1c[nH]c2ccccc12)C(=O)O.[Ga]. The minimum absolute atomic E-state index is 0. The van der Waals surface area contributed by atoms with Gasteiger partial charge in [0.25, 0.3) is 0 Å². The largest absolute Gasteiger partial charge is 0.480 e. The van der Waals surface area contributed by atoms with E-state index in [4.69, 9.17) is 10.8 Å². The average Bonchev–Trinajstić information content (AvgIpc) is 2.62. The molecule has 0 bridgehead atoms. The van der Waals surface area contributed by atoms with Gasteiger partial charge in [0.2, 0.25) is 0 Å². The summed E-state index contributed by atoms with van der Waals surface area (Å²) in [6.07, 6.45) is 2.16. The average molecular weight is 274 g/mol. The second-order valence-electron chi connectivity index (χ2n) is 3.51. The van der Waals surface area contributed by atoms with Crippen LogP contribution >= 0.6 is 0 Å². The maximum atomic E-state index is 10.6. The quantitative estimate of drug-likeness (QED) is 0.722. The molecule has 0 aliphatic heterocycles. The Morgan fingerprint density at radius 2 is 2.12 bits per heavy atom. The molecule has 0 fully saturated rings. The Labute approximate surface area is 106 Å². The molecule has 1 heterocycles. The predicted octanol–water partition coefficient (Wildman–Crippen LogP) is 0.742. The Morgan fingerprint density at radius 1 is 1.44 bits per heavy atom. The summed E-state index contributed by atoms with van der Waals surface area (Å²) in [4.78, 5) is 13.7. The number of hydrogen-bond acceptors (Lipinski definition) is 2. The predicted molar refractivity (Wildman–Crippen MR) is 63.4 cm³/mol. The zero-order chi connectivity index (χ0) is 10.8. The summed E-state index contributed by atoms with van der Waals surface area (Å²) in [5.41, 5.74) is 7.43. The van der Waals surface area contributed by atoms with Crippen LogP contribution in [0.4, 0.5) is 0 Å². The Hall–Kier alpha value is -1.17. The van der Waals surface area contributed by atoms with Gasteiger partial charge in [-0.2, -0.15) is 0 Å². The number of aromatic nitrogens is 1. The molecule has 0 spiro atoms. The van der Waals surface area contributed by atoms with Crippen LogP contribution in [0.2, 0.25) is 0 Å². The number of carboxylic acids is 1. The molecule has 16 heavy (non-hydrogen) atoms. The number of nitrogens with two attached hydrogens (primary N) is 1. The first kappa shape index (κ1) is 12.9. The van der Waals surface area contributed by atoms with E-state index in [2.05, 4.69) is 4.98 Å². The van der Waals surface area contributed by atoms with E-state index in [1.54, 1.807) is 0 Å². The molecule has 4 nitrogen and oxygen atoms in total. The van der Waals surface area contributed by atoms with Gasteiger partial charge in [-0.05, 0) is 11.6 Å². The first-order valence-electron chi connectivity index (χ1n) is 4.72. The molecule has 2 aromatic rings. The van der Waals surface area contributed by atoms with Crippen molar-refractivity contribution < 1.29 is 9.90 Å². The zero-order valence-electron chi connectivity index (χ0n) is 8.68. The van der Waals surface area contributed by atoms with Gasteiger partial charge in [-0.1, -0.05) is 18.2 Å². The van der Waals surface area contributed by atoms with Gasteiger partial charge in [-0.3, -0.25) is 4.79 Å². The first-order valence-corrected chi connectivity index (χ1v) is 4.72. The van der Waals surface area contributed by atoms with Gasteiger partial charge in [-0.15, -0.1) is 0 Å². The molecule has 1 aromatic carbocycles. The topological polar surface area (TPSA) is 79.1 Å². The van der Waals surface area contributed by atoms with Crippen molar-refractivity contribution in [3.63, 3.8) is 0 Å². The molecular weight excluding hydrogens is 262 g/mol. The van der Waals surface area contributed by atoms with Crippen LogP contribution in [0.1, 0.15) is 5.56 Å². The summed E-state index contributed by atoms with van der Waals surface area (Å²) < 4.78 is 0. The van der Waals surface area contributed by atoms with Gasteiger partial charge in [0.1, 0.15) is 6.04 Å². The van der Waals surface area contributed by atoms with Gasteiger partial charge in [-0.25, -0.2) is 0 Å². The number of carbonyl (C=O) groups is 1. The Morgan fingerprint density at radius 3 is 2.81 bits per heavy atom. The summed E-state index contributed by atoms with van der Waals surface area (Å²) in [6, 6.07) is 6.91. The number of benzene rings is 1. The van der Waals surface area contributed by atoms with Crippen molar-refractivity contribution in [3.8, 4) is 0 Å². The van der Waals surface area contributed by atoms with Crippen LogP contribution in [-0.4, -0.2) is 41.9 Å². The smallest absolute Gasteiger partial charge is 0.320 e. The number of rotatable bonds is 3. The minimum atomic E-state index is -0.972. The third-order valence-corrected chi connectivity index (χ3v) is 2.43. The summed E-state index contributed by atoms with van der Waals surface area (Å²) in [7, 11) is 0. The normalized spacial score (nSPS) is 12.1. The van der Waals surface area contributed by atoms with Crippen LogP contribution in [0.5, 0.6) is 0 Å². The molecule has 0 aliphatic rings. The second kappa shape index (κ2) is 5.24. The Kier molecular flexibility index (Phi) is 4.23. The monoisotopic (exact) mass is 273 g/mol. The molecule has 0 aliphatic carbocycles. The van der Waals surface area contributed by atoms with E-state index in [1.807, 2.05) is 30.5 Å². The maximum Gasteiger partial charge on any atom is 0.320 e. The standard InChI is InChI=1S/C11H12N2O2.Ga/c12-9(11(14)15)5-7-6-13-10-4-2-1-3-8(7)10;/h1-4,6,9,13H,5,12H2,(H,14,15);/t9-;/m0./s1. The van der Waals surface area contributed by atoms with Crippen molar-refractivity contribution in [2.75, 3.05) is 0 Å². The first-order chi connectivity index (χ1) is 7.18. The number of H-pyrrole nitrogens is 1. The summed E-state index contributed by atoms with van der Waals surface area (Å²) in [5.74, 6) is -0.972. The fourth-order valence-electron chi connectivity index (χ4n) is 1.62. The number of para-hydroxylation sites is 1. The number of aromatic amines is 1. The second-order valence-corrected chi connectivity index (χ2v) is 3.51. The molecule has 0 saturated carbocycles. The van der Waals surface area contributed by atoms with Crippen LogP contribution in [0.25, 0.3) is 10.9 Å². The van der Waals surface area contributed by atoms with Crippen LogP contribution in [-0.2, 0) is 11.2 Å². The van der Waals surface area contributed by atoms with Crippen LogP contribution < -0.4 is 5.73 Å². The van der Waals surface area contributed by atoms with Crippen LogP contribution in [0, 0.1) is 0 Å². The molecule has 5 heteroatoms. The van der Waals surface area contributed by atoms with E-state index in [9.17, 15) is 4.79 Å². The van der Waals surface area contributed by atoms with Crippen molar-refractivity contribution >= 4 is 36.7 Å². The summed E-state index contributed by atoms with van der Waals surface area (Å²) in [6.45, 7) is 0. The molecule has 4 N–H and O–H groups in total. The van der Waals surface area contributed by atoms with E-state index in [0.717, 1.165) is 16.5 Å². The molecule has 1 atom stereocenters. The van der Waals surface area contributed by atoms with Crippen molar-refractivity contribution in [1.29, 1.82) is 0 Å². The third-order valence-electron chi connectivity index (χ3n) is 2.43. The molecule has 0 unspecified atom stereocenters. The molecule has 0 amide bonds. The summed E-state index contributed by atoms with van der Waals surface area (Å²) in [5, 5.41) is 9.75. The number of aliphatic carboxylic acids is 1. The molecular formula is C11H12GaN2O2. The van der Waals surface area contributed by atoms with E-state index in [-0.39, 0.29) is 19.8 Å². The van der Waals surface area contributed by atoms with Crippen LogP contribution in [0.15, 0.2) is 30.5 Å². The molecule has 1 aromatic heterocycles. The Balaban J connectivity index is 0.00000128. The van der Waals surface area contributed by atoms with Gasteiger partial charge < -0.3 is 15.8 Å². The Bertz CT molecular complexity index is 495. The van der Waals surface area contributed by atoms with Crippen LogP contribution in [0.3, 0.4) is 0 Å². The molecule has 2 rings (SSSR count). The number of hydrogen-bond donors (Lipinski definition) is 3. The number of carboxylic acid groups (broad SMARTS) is 1. The van der Waals surface area contributed by atoms with Crippen molar-refractivity contribution in [2.45, 2.75) is 12.5 Å². The maximum absolute atomic E-state index is 10.6. The van der Waals surface area contributed by atoms with E-state index in [0.29, 0.717) is 6.42 Å². The third kappa shape index (κ3) is 2.49. The van der Waals surface area contributed by atoms with Crippen molar-refractivity contribution in [1.82, 2.24) is 4.98 Å². The minimum Gasteiger partial charge on any atom is -0.480 e. The number of nitrogens with one attached hydrogen (secondary N) is 1. The molecule has 3 radical (unpaired) electrons. The zero-order valence-corrected chi connectivity index (χ0v) is 11.1. The molecule has 0 saturated heterocycles. The van der Waals surface area contributed by atoms with Crippen molar-refractivity contribution in [3.05, 3.63) is 36.0 Å². The van der Waals surface area contributed by atoms with E-state index >= 15 is 0 Å². The summed E-state index contributed by atoms with van der Waals surface area (Å²) >= 11 is 0.